The van der Waals surface area contributed by atoms with Crippen molar-refractivity contribution < 1.29 is 13.2 Å². The molecule has 1 aromatic rings. The number of nitrogens with two attached hydrogens (primary N) is 1. The van der Waals surface area contributed by atoms with Crippen molar-refractivity contribution in [2.24, 2.45) is 5.73 Å². The molecular weight excluding hydrogens is 350 g/mol. The summed E-state index contributed by atoms with van der Waals surface area (Å²) in [4.78, 5) is 12.0. The fourth-order valence-corrected chi connectivity index (χ4v) is 4.40. The number of nitrogens with one attached hydrogen (secondary N) is 1. The lowest BCUT2D eigenvalue weighted by Crippen LogP contribution is -2.33. The van der Waals surface area contributed by atoms with E-state index >= 15 is 0 Å². The predicted octanol–water partition coefficient (Wildman–Crippen LogP) is 2.27. The van der Waals surface area contributed by atoms with Gasteiger partial charge in [0.1, 0.15) is 0 Å². The zero-order valence-corrected chi connectivity index (χ0v) is 15.8. The van der Waals surface area contributed by atoms with E-state index < -0.39 is 16.1 Å². The molecular formula is C16H26ClN3O3S. The number of amides is 1. The van der Waals surface area contributed by atoms with Crippen molar-refractivity contribution in [3.05, 3.63) is 23.8 Å². The van der Waals surface area contributed by atoms with E-state index in [2.05, 4.69) is 5.32 Å². The standard InChI is InChI=1S/C16H25N3O3S.ClH/c1-12-7-8-14(18-16(20)13(2)17)11-15(12)23(21,22)19-9-5-3-4-6-10-19;/h7-8,11,13H,3-6,9-10,17H2,1-2H3,(H,18,20);1H/t13-;/m0./s1. The summed E-state index contributed by atoms with van der Waals surface area (Å²) < 4.78 is 27.4. The van der Waals surface area contributed by atoms with Gasteiger partial charge in [0.05, 0.1) is 10.9 Å². The number of carbonyl (C=O) groups excluding carboxylic acids is 1. The van der Waals surface area contributed by atoms with Crippen LogP contribution in [0.3, 0.4) is 0 Å². The summed E-state index contributed by atoms with van der Waals surface area (Å²) in [6.07, 6.45) is 3.91. The van der Waals surface area contributed by atoms with Gasteiger partial charge in [0, 0.05) is 18.8 Å². The minimum Gasteiger partial charge on any atom is -0.325 e. The minimum absolute atomic E-state index is 0. The molecule has 0 saturated carbocycles. The second-order valence-electron chi connectivity index (χ2n) is 6.08. The molecule has 0 radical (unpaired) electrons. The highest BCUT2D eigenvalue weighted by Gasteiger charge is 2.27. The number of carbonyl (C=O) groups is 1. The average Bonchev–Trinajstić information content (AvgIpc) is 2.78. The smallest absolute Gasteiger partial charge is 0.243 e. The Labute approximate surface area is 150 Å². The maximum absolute atomic E-state index is 12.9. The topological polar surface area (TPSA) is 92.5 Å². The number of aryl methyl sites for hydroxylation is 1. The third-order valence-corrected chi connectivity index (χ3v) is 6.09. The molecule has 1 atom stereocenters. The molecule has 0 aliphatic carbocycles. The number of benzene rings is 1. The van der Waals surface area contributed by atoms with E-state index in [4.69, 9.17) is 5.73 Å². The van der Waals surface area contributed by atoms with Gasteiger partial charge in [0.2, 0.25) is 15.9 Å². The fourth-order valence-electron chi connectivity index (χ4n) is 2.63. The Kier molecular flexibility index (Phi) is 7.66. The number of hydrogen-bond acceptors (Lipinski definition) is 4. The molecule has 0 unspecified atom stereocenters. The highest BCUT2D eigenvalue weighted by atomic mass is 35.5. The molecule has 1 aliphatic rings. The summed E-state index contributed by atoms with van der Waals surface area (Å²) in [6.45, 7) is 4.46. The Morgan fingerprint density at radius 1 is 1.21 bits per heavy atom. The van der Waals surface area contributed by atoms with E-state index in [0.29, 0.717) is 24.3 Å². The van der Waals surface area contributed by atoms with Gasteiger partial charge in [-0.25, -0.2) is 8.42 Å². The quantitative estimate of drug-likeness (QED) is 0.844. The van der Waals surface area contributed by atoms with Crippen LogP contribution in [-0.4, -0.2) is 37.8 Å². The normalized spacial score (nSPS) is 17.5. The molecule has 0 spiro atoms. The molecule has 1 saturated heterocycles. The van der Waals surface area contributed by atoms with Gasteiger partial charge >= 0.3 is 0 Å². The van der Waals surface area contributed by atoms with E-state index in [1.54, 1.807) is 30.3 Å². The lowest BCUT2D eigenvalue weighted by molar-refractivity contribution is -0.117. The number of nitrogens with zero attached hydrogens (tertiary/aromatic N) is 1. The Bertz CT molecular complexity index is 669. The van der Waals surface area contributed by atoms with Crippen molar-refractivity contribution >= 4 is 34.0 Å². The zero-order valence-electron chi connectivity index (χ0n) is 14.1. The van der Waals surface area contributed by atoms with Gasteiger partial charge in [0.15, 0.2) is 0 Å². The average molecular weight is 376 g/mol. The number of anilines is 1. The van der Waals surface area contributed by atoms with Crippen LogP contribution in [0.15, 0.2) is 23.1 Å². The van der Waals surface area contributed by atoms with Crippen LogP contribution in [-0.2, 0) is 14.8 Å². The van der Waals surface area contributed by atoms with Gasteiger partial charge < -0.3 is 11.1 Å². The SMILES string of the molecule is Cc1ccc(NC(=O)[C@H](C)N)cc1S(=O)(=O)N1CCCCCC1.Cl. The Morgan fingerprint density at radius 3 is 2.33 bits per heavy atom. The van der Waals surface area contributed by atoms with E-state index in [0.717, 1.165) is 25.7 Å². The molecule has 1 heterocycles. The molecule has 6 nitrogen and oxygen atoms in total. The van der Waals surface area contributed by atoms with Gasteiger partial charge in [-0.3, -0.25) is 4.79 Å². The molecule has 2 rings (SSSR count). The number of halogens is 1. The lowest BCUT2D eigenvalue weighted by Gasteiger charge is -2.21. The molecule has 1 aliphatic heterocycles. The molecule has 1 amide bonds. The number of sulfonamides is 1. The third-order valence-electron chi connectivity index (χ3n) is 4.05. The van der Waals surface area contributed by atoms with Crippen molar-refractivity contribution in [2.75, 3.05) is 18.4 Å². The largest absolute Gasteiger partial charge is 0.325 e. The Hall–Kier alpha value is -1.15. The van der Waals surface area contributed by atoms with Crippen LogP contribution in [0.25, 0.3) is 0 Å². The molecule has 0 aromatic heterocycles. The minimum atomic E-state index is -3.54. The molecule has 1 fully saturated rings. The van der Waals surface area contributed by atoms with Crippen LogP contribution in [0.2, 0.25) is 0 Å². The maximum Gasteiger partial charge on any atom is 0.243 e. The van der Waals surface area contributed by atoms with Gasteiger partial charge in [0.25, 0.3) is 0 Å². The van der Waals surface area contributed by atoms with Crippen LogP contribution >= 0.6 is 12.4 Å². The van der Waals surface area contributed by atoms with Gasteiger partial charge in [-0.05, 0) is 44.4 Å². The predicted molar refractivity (Wildman–Crippen MR) is 97.9 cm³/mol. The summed E-state index contributed by atoms with van der Waals surface area (Å²) >= 11 is 0. The van der Waals surface area contributed by atoms with Crippen molar-refractivity contribution in [3.63, 3.8) is 0 Å². The molecule has 0 bridgehead atoms. The van der Waals surface area contributed by atoms with Crippen LogP contribution in [0.1, 0.15) is 38.2 Å². The fraction of sp³-hybridized carbons (Fsp3) is 0.562. The Balaban J connectivity index is 0.00000288. The first-order chi connectivity index (χ1) is 10.8. The van der Waals surface area contributed by atoms with Gasteiger partial charge in [-0.15, -0.1) is 12.4 Å². The van der Waals surface area contributed by atoms with E-state index in [1.807, 2.05) is 0 Å². The molecule has 24 heavy (non-hydrogen) atoms. The van der Waals surface area contributed by atoms with Crippen molar-refractivity contribution in [2.45, 2.75) is 50.5 Å². The highest BCUT2D eigenvalue weighted by Crippen LogP contribution is 2.25. The second-order valence-corrected chi connectivity index (χ2v) is 7.98. The first kappa shape index (κ1) is 20.9. The van der Waals surface area contributed by atoms with E-state index in [-0.39, 0.29) is 23.2 Å². The maximum atomic E-state index is 12.9. The third kappa shape index (κ3) is 4.92. The monoisotopic (exact) mass is 375 g/mol. The number of hydrogen-bond donors (Lipinski definition) is 2. The second kappa shape index (κ2) is 8.80. The van der Waals surface area contributed by atoms with Crippen LogP contribution in [0.4, 0.5) is 5.69 Å². The van der Waals surface area contributed by atoms with Gasteiger partial charge in [-0.1, -0.05) is 18.9 Å². The molecule has 1 aromatic carbocycles. The summed E-state index contributed by atoms with van der Waals surface area (Å²) in [5, 5.41) is 2.65. The van der Waals surface area contributed by atoms with Gasteiger partial charge in [-0.2, -0.15) is 4.31 Å². The van der Waals surface area contributed by atoms with E-state index in [9.17, 15) is 13.2 Å². The lowest BCUT2D eigenvalue weighted by atomic mass is 10.2. The molecule has 136 valence electrons. The summed E-state index contributed by atoms with van der Waals surface area (Å²) in [5.74, 6) is -0.341. The summed E-state index contributed by atoms with van der Waals surface area (Å²) in [7, 11) is -3.54. The Morgan fingerprint density at radius 2 is 1.79 bits per heavy atom. The first-order valence-corrected chi connectivity index (χ1v) is 9.43. The van der Waals surface area contributed by atoms with Crippen molar-refractivity contribution in [1.82, 2.24) is 4.31 Å². The molecule has 3 N–H and O–H groups in total. The van der Waals surface area contributed by atoms with Crippen molar-refractivity contribution in [3.8, 4) is 0 Å². The first-order valence-electron chi connectivity index (χ1n) is 7.99. The van der Waals surface area contributed by atoms with Crippen molar-refractivity contribution in [1.29, 1.82) is 0 Å². The number of rotatable bonds is 4. The van der Waals surface area contributed by atoms with E-state index in [1.165, 1.54) is 6.07 Å². The molecule has 8 heteroatoms. The highest BCUT2D eigenvalue weighted by molar-refractivity contribution is 7.89. The zero-order chi connectivity index (χ0) is 17.0. The summed E-state index contributed by atoms with van der Waals surface area (Å²) in [6, 6.07) is 4.27. The van der Waals surface area contributed by atoms with Crippen LogP contribution in [0, 0.1) is 6.92 Å². The summed E-state index contributed by atoms with van der Waals surface area (Å²) in [5.41, 5.74) is 6.66. The van der Waals surface area contributed by atoms with Crippen LogP contribution < -0.4 is 11.1 Å². The van der Waals surface area contributed by atoms with Crippen LogP contribution in [0.5, 0.6) is 0 Å².